The molecule has 1 saturated heterocycles. The summed E-state index contributed by atoms with van der Waals surface area (Å²) in [4.78, 5) is 27.5. The van der Waals surface area contributed by atoms with E-state index in [-0.39, 0.29) is 5.91 Å². The molecule has 0 radical (unpaired) electrons. The molecule has 8 nitrogen and oxygen atoms in total. The van der Waals surface area contributed by atoms with Crippen molar-refractivity contribution in [2.24, 2.45) is 5.92 Å². The predicted octanol–water partition coefficient (Wildman–Crippen LogP) is 2.60. The number of aromatic nitrogens is 5. The molecule has 8 heteroatoms. The molecule has 0 bridgehead atoms. The van der Waals surface area contributed by atoms with Crippen LogP contribution < -0.4 is 4.74 Å². The molecule has 3 aromatic heterocycles. The summed E-state index contributed by atoms with van der Waals surface area (Å²) >= 11 is 0. The Kier molecular flexibility index (Phi) is 4.51. The average molecular weight is 388 g/mol. The van der Waals surface area contributed by atoms with Crippen molar-refractivity contribution in [3.63, 3.8) is 0 Å². The Morgan fingerprint density at radius 2 is 1.83 bits per heavy atom. The first-order valence-electron chi connectivity index (χ1n) is 9.69. The minimum atomic E-state index is 0.0455. The number of piperidine rings is 1. The number of benzene rings is 1. The molecular weight excluding hydrogens is 368 g/mol. The predicted molar refractivity (Wildman–Crippen MR) is 107 cm³/mol. The fraction of sp³-hybridized carbons (Fsp3) is 0.286. The molecule has 0 aliphatic carbocycles. The van der Waals surface area contributed by atoms with Crippen LogP contribution in [0, 0.1) is 5.92 Å². The number of fused-ring (bicyclic) bond motifs is 2. The third kappa shape index (κ3) is 3.61. The number of likely N-dealkylation sites (tertiary alicyclic amines) is 1. The highest BCUT2D eigenvalue weighted by atomic mass is 16.5. The zero-order valence-corrected chi connectivity index (χ0v) is 15.8. The maximum atomic E-state index is 12.9. The summed E-state index contributed by atoms with van der Waals surface area (Å²) in [7, 11) is 0. The van der Waals surface area contributed by atoms with Crippen LogP contribution >= 0.6 is 0 Å². The fourth-order valence-corrected chi connectivity index (χ4v) is 3.66. The normalized spacial score (nSPS) is 15.1. The summed E-state index contributed by atoms with van der Waals surface area (Å²) in [6.07, 6.45) is 8.62. The molecule has 0 N–H and O–H groups in total. The molecule has 0 saturated carbocycles. The number of carbonyl (C=O) groups is 1. The lowest BCUT2D eigenvalue weighted by molar-refractivity contribution is 0.0659. The van der Waals surface area contributed by atoms with Gasteiger partial charge in [-0.2, -0.15) is 0 Å². The van der Waals surface area contributed by atoms with E-state index in [1.54, 1.807) is 29.3 Å². The summed E-state index contributed by atoms with van der Waals surface area (Å²) in [5.41, 5.74) is 2.99. The first kappa shape index (κ1) is 17.5. The molecular formula is C21H20N6O2. The molecule has 4 aromatic rings. The quantitative estimate of drug-likeness (QED) is 0.534. The van der Waals surface area contributed by atoms with Gasteiger partial charge in [-0.3, -0.25) is 14.8 Å². The third-order valence-electron chi connectivity index (χ3n) is 5.32. The van der Waals surface area contributed by atoms with E-state index >= 15 is 0 Å². The van der Waals surface area contributed by atoms with E-state index in [9.17, 15) is 4.79 Å². The van der Waals surface area contributed by atoms with Crippen LogP contribution in [0.1, 0.15) is 23.2 Å². The second-order valence-corrected chi connectivity index (χ2v) is 7.21. The largest absolute Gasteiger partial charge is 0.476 e. The Morgan fingerprint density at radius 3 is 2.69 bits per heavy atom. The number of ether oxygens (including phenoxy) is 1. The maximum Gasteiger partial charge on any atom is 0.253 e. The van der Waals surface area contributed by atoms with E-state index in [1.807, 2.05) is 35.2 Å². The highest BCUT2D eigenvalue weighted by Crippen LogP contribution is 2.21. The number of imidazole rings is 1. The van der Waals surface area contributed by atoms with Crippen molar-refractivity contribution in [3.05, 3.63) is 60.7 Å². The van der Waals surface area contributed by atoms with Gasteiger partial charge in [0.1, 0.15) is 0 Å². The first-order chi connectivity index (χ1) is 14.3. The number of hydrogen-bond acceptors (Lipinski definition) is 6. The van der Waals surface area contributed by atoms with Crippen LogP contribution in [0.3, 0.4) is 0 Å². The minimum Gasteiger partial charge on any atom is -0.476 e. The summed E-state index contributed by atoms with van der Waals surface area (Å²) in [6.45, 7) is 2.04. The fourth-order valence-electron chi connectivity index (χ4n) is 3.66. The third-order valence-corrected chi connectivity index (χ3v) is 5.32. The molecule has 0 unspecified atom stereocenters. The first-order valence-corrected chi connectivity index (χ1v) is 9.69. The number of carbonyl (C=O) groups excluding carboxylic acids is 1. The molecule has 5 rings (SSSR count). The monoisotopic (exact) mass is 388 g/mol. The van der Waals surface area contributed by atoms with Crippen LogP contribution in [-0.4, -0.2) is 55.1 Å². The Labute approximate surface area is 167 Å². The summed E-state index contributed by atoms with van der Waals surface area (Å²) in [5, 5.41) is 4.38. The van der Waals surface area contributed by atoms with Crippen molar-refractivity contribution in [2.45, 2.75) is 12.8 Å². The van der Waals surface area contributed by atoms with Crippen molar-refractivity contribution < 1.29 is 9.53 Å². The number of hydrogen-bond donors (Lipinski definition) is 0. The molecule has 1 amide bonds. The van der Waals surface area contributed by atoms with Crippen molar-refractivity contribution in [1.29, 1.82) is 0 Å². The maximum absolute atomic E-state index is 12.9. The molecule has 0 spiro atoms. The van der Waals surface area contributed by atoms with Crippen molar-refractivity contribution >= 4 is 22.6 Å². The lowest BCUT2D eigenvalue weighted by atomic mass is 9.97. The van der Waals surface area contributed by atoms with Gasteiger partial charge in [0.2, 0.25) is 5.88 Å². The average Bonchev–Trinajstić information content (AvgIpc) is 3.25. The SMILES string of the molecule is O=C(c1ccc2nccnc2c1)N1CCC(COc2ccc3nccn3n2)CC1. The van der Waals surface area contributed by atoms with Crippen LogP contribution in [0.4, 0.5) is 0 Å². The van der Waals surface area contributed by atoms with Gasteiger partial charge in [0, 0.05) is 49.5 Å². The Morgan fingerprint density at radius 1 is 1.00 bits per heavy atom. The van der Waals surface area contributed by atoms with Gasteiger partial charge in [-0.15, -0.1) is 5.10 Å². The molecule has 0 atom stereocenters. The summed E-state index contributed by atoms with van der Waals surface area (Å²) in [6, 6.07) is 9.21. The Balaban J connectivity index is 1.17. The van der Waals surface area contributed by atoms with Crippen LogP contribution in [0.15, 0.2) is 55.1 Å². The van der Waals surface area contributed by atoms with Crippen LogP contribution in [-0.2, 0) is 0 Å². The van der Waals surface area contributed by atoms with Crippen molar-refractivity contribution in [3.8, 4) is 5.88 Å². The second-order valence-electron chi connectivity index (χ2n) is 7.21. The summed E-state index contributed by atoms with van der Waals surface area (Å²) < 4.78 is 7.57. The van der Waals surface area contributed by atoms with Gasteiger partial charge in [-0.1, -0.05) is 0 Å². The minimum absolute atomic E-state index is 0.0455. The summed E-state index contributed by atoms with van der Waals surface area (Å²) in [5.74, 6) is 1.04. The van der Waals surface area contributed by atoms with E-state index in [2.05, 4.69) is 20.1 Å². The Bertz CT molecular complexity index is 1170. The van der Waals surface area contributed by atoms with Gasteiger partial charge in [0.05, 0.1) is 17.6 Å². The van der Waals surface area contributed by atoms with Gasteiger partial charge < -0.3 is 9.64 Å². The van der Waals surface area contributed by atoms with Crippen molar-refractivity contribution in [2.75, 3.05) is 19.7 Å². The standard InChI is InChI=1S/C21H20N6O2/c28-21(16-1-2-17-18(13-16)23-8-7-22-17)26-10-5-15(6-11-26)14-29-20-4-3-19-24-9-12-27(19)25-20/h1-4,7-9,12-13,15H,5-6,10-11,14H2. The number of amides is 1. The van der Waals surface area contributed by atoms with Gasteiger partial charge in [0.15, 0.2) is 5.65 Å². The lowest BCUT2D eigenvalue weighted by Crippen LogP contribution is -2.39. The van der Waals surface area contributed by atoms with Gasteiger partial charge in [0.25, 0.3) is 5.91 Å². The van der Waals surface area contributed by atoms with E-state index in [0.29, 0.717) is 24.0 Å². The van der Waals surface area contributed by atoms with Crippen LogP contribution in [0.5, 0.6) is 5.88 Å². The molecule has 1 aliphatic heterocycles. The highest BCUT2D eigenvalue weighted by Gasteiger charge is 2.24. The van der Waals surface area contributed by atoms with Crippen LogP contribution in [0.25, 0.3) is 16.7 Å². The molecule has 1 fully saturated rings. The van der Waals surface area contributed by atoms with Crippen molar-refractivity contribution in [1.82, 2.24) is 29.5 Å². The van der Waals surface area contributed by atoms with E-state index < -0.39 is 0 Å². The van der Waals surface area contributed by atoms with Crippen LogP contribution in [0.2, 0.25) is 0 Å². The smallest absolute Gasteiger partial charge is 0.253 e. The van der Waals surface area contributed by atoms with Gasteiger partial charge in [-0.25, -0.2) is 9.50 Å². The topological polar surface area (TPSA) is 85.5 Å². The molecule has 4 heterocycles. The number of rotatable bonds is 4. The van der Waals surface area contributed by atoms with Gasteiger partial charge in [-0.05, 0) is 43.0 Å². The van der Waals surface area contributed by atoms with E-state index in [1.165, 1.54) is 0 Å². The zero-order valence-electron chi connectivity index (χ0n) is 15.8. The molecule has 1 aliphatic rings. The second kappa shape index (κ2) is 7.46. The lowest BCUT2D eigenvalue weighted by Gasteiger charge is -2.31. The molecule has 146 valence electrons. The zero-order chi connectivity index (χ0) is 19.6. The molecule has 29 heavy (non-hydrogen) atoms. The van der Waals surface area contributed by atoms with E-state index in [0.717, 1.165) is 42.6 Å². The molecule has 1 aromatic carbocycles. The Hall–Kier alpha value is -3.55. The highest BCUT2D eigenvalue weighted by molar-refractivity contribution is 5.97. The van der Waals surface area contributed by atoms with Gasteiger partial charge >= 0.3 is 0 Å². The van der Waals surface area contributed by atoms with E-state index in [4.69, 9.17) is 4.74 Å². The number of nitrogens with zero attached hydrogens (tertiary/aromatic N) is 6.